The van der Waals surface area contributed by atoms with E-state index < -0.39 is 34.5 Å². The predicted octanol–water partition coefficient (Wildman–Crippen LogP) is 1.94. The lowest BCUT2D eigenvalue weighted by atomic mass is 9.91. The van der Waals surface area contributed by atoms with Crippen LogP contribution in [0.15, 0.2) is 12.1 Å². The lowest BCUT2D eigenvalue weighted by molar-refractivity contribution is -0.142. The van der Waals surface area contributed by atoms with Gasteiger partial charge in [-0.2, -0.15) is 8.42 Å². The van der Waals surface area contributed by atoms with Gasteiger partial charge in [0.2, 0.25) is 0 Å². The van der Waals surface area contributed by atoms with Crippen LogP contribution in [0.4, 0.5) is 14.5 Å². The van der Waals surface area contributed by atoms with Gasteiger partial charge in [-0.3, -0.25) is 8.98 Å². The Bertz CT molecular complexity index is 1120. The molecule has 2 aromatic rings. The summed E-state index contributed by atoms with van der Waals surface area (Å²) >= 11 is 0. The van der Waals surface area contributed by atoms with Gasteiger partial charge in [-0.25, -0.2) is 18.4 Å². The zero-order valence-corrected chi connectivity index (χ0v) is 19.7. The van der Waals surface area contributed by atoms with Crippen LogP contribution in [0, 0.1) is 5.92 Å². The average molecular weight is 488 g/mol. The molecule has 1 atom stereocenters. The van der Waals surface area contributed by atoms with E-state index in [0.29, 0.717) is 34.9 Å². The Morgan fingerprint density at radius 1 is 1.33 bits per heavy atom. The van der Waals surface area contributed by atoms with Crippen molar-refractivity contribution in [2.24, 2.45) is 13.0 Å². The van der Waals surface area contributed by atoms with Crippen LogP contribution in [0.1, 0.15) is 31.2 Å². The minimum absolute atomic E-state index is 0.0845. The molecule has 33 heavy (non-hydrogen) atoms. The summed E-state index contributed by atoms with van der Waals surface area (Å²) in [5.74, 6) is -4.03. The number of hydrogen-bond donors (Lipinski definition) is 0. The molecule has 0 bridgehead atoms. The highest BCUT2D eigenvalue weighted by Crippen LogP contribution is 2.36. The predicted molar refractivity (Wildman–Crippen MR) is 115 cm³/mol. The van der Waals surface area contributed by atoms with E-state index in [1.165, 1.54) is 11.8 Å². The van der Waals surface area contributed by atoms with Gasteiger partial charge in [0.05, 0.1) is 49.1 Å². The number of methoxy groups -OCH3 is 1. The first-order valence-electron chi connectivity index (χ1n) is 10.3. The number of halogens is 2. The molecule has 3 heterocycles. The third-order valence-corrected chi connectivity index (χ3v) is 5.94. The minimum atomic E-state index is -3.68. The minimum Gasteiger partial charge on any atom is -0.469 e. The molecule has 1 aliphatic heterocycles. The van der Waals surface area contributed by atoms with Crippen LogP contribution in [-0.2, 0) is 43.9 Å². The largest absolute Gasteiger partial charge is 0.469 e. The fraction of sp³-hybridized carbons (Fsp3) is 0.600. The highest BCUT2D eigenvalue weighted by Gasteiger charge is 2.41. The number of piperidine rings is 1. The maximum atomic E-state index is 14.5. The molecule has 0 radical (unpaired) electrons. The third-order valence-electron chi connectivity index (χ3n) is 5.39. The van der Waals surface area contributed by atoms with Gasteiger partial charge in [0.15, 0.2) is 0 Å². The van der Waals surface area contributed by atoms with Crippen LogP contribution in [0.3, 0.4) is 0 Å². The normalized spacial score (nSPS) is 18.4. The second-order valence-electron chi connectivity index (χ2n) is 8.08. The molecule has 0 N–H and O–H groups in total. The van der Waals surface area contributed by atoms with Crippen molar-refractivity contribution in [3.8, 4) is 11.4 Å². The SMILES string of the molecule is CCc1nc(-c2nnn(C)c2COS(C)(=O)=O)ccc1N1CC(CC(=O)OC)CC(F)(F)C1. The molecule has 0 amide bonds. The molecule has 1 unspecified atom stereocenters. The van der Waals surface area contributed by atoms with Gasteiger partial charge in [-0.15, -0.1) is 5.10 Å². The maximum Gasteiger partial charge on any atom is 0.305 e. The Labute approximate surface area is 191 Å². The van der Waals surface area contributed by atoms with Crippen LogP contribution in [0.25, 0.3) is 11.4 Å². The fourth-order valence-corrected chi connectivity index (χ4v) is 4.25. The number of carbonyl (C=O) groups excluding carboxylic acids is 1. The first-order valence-corrected chi connectivity index (χ1v) is 12.2. The van der Waals surface area contributed by atoms with Crippen molar-refractivity contribution in [1.29, 1.82) is 0 Å². The van der Waals surface area contributed by atoms with Crippen molar-refractivity contribution in [2.75, 3.05) is 31.4 Å². The number of hydrogen-bond acceptors (Lipinski definition) is 9. The lowest BCUT2D eigenvalue weighted by Crippen LogP contribution is -2.48. The summed E-state index contributed by atoms with van der Waals surface area (Å²) in [4.78, 5) is 17.8. The number of esters is 1. The summed E-state index contributed by atoms with van der Waals surface area (Å²) in [7, 11) is -0.839. The van der Waals surface area contributed by atoms with Crippen molar-refractivity contribution in [3.05, 3.63) is 23.5 Å². The Morgan fingerprint density at radius 2 is 2.06 bits per heavy atom. The highest BCUT2D eigenvalue weighted by atomic mass is 32.2. The Morgan fingerprint density at radius 3 is 2.70 bits per heavy atom. The van der Waals surface area contributed by atoms with Crippen LogP contribution < -0.4 is 4.90 Å². The number of rotatable bonds is 8. The summed E-state index contributed by atoms with van der Waals surface area (Å²) in [5.41, 5.74) is 2.29. The van der Waals surface area contributed by atoms with Crippen LogP contribution in [0.2, 0.25) is 0 Å². The van der Waals surface area contributed by atoms with Gasteiger partial charge in [-0.1, -0.05) is 12.1 Å². The lowest BCUT2D eigenvalue weighted by Gasteiger charge is -2.39. The number of anilines is 1. The molecule has 0 saturated carbocycles. The Balaban J connectivity index is 1.91. The summed E-state index contributed by atoms with van der Waals surface area (Å²) in [6.07, 6.45) is 0.941. The zero-order valence-electron chi connectivity index (χ0n) is 18.9. The second kappa shape index (κ2) is 9.67. The van der Waals surface area contributed by atoms with Crippen molar-refractivity contribution in [1.82, 2.24) is 20.0 Å². The third kappa shape index (κ3) is 6.22. The number of aromatic nitrogens is 4. The van der Waals surface area contributed by atoms with Gasteiger partial charge in [0.1, 0.15) is 12.3 Å². The number of alkyl halides is 2. The monoisotopic (exact) mass is 487 g/mol. The van der Waals surface area contributed by atoms with Gasteiger partial charge >= 0.3 is 5.97 Å². The molecular formula is C20H27F2N5O5S. The molecule has 0 spiro atoms. The van der Waals surface area contributed by atoms with E-state index in [2.05, 4.69) is 20.0 Å². The Hall–Kier alpha value is -2.67. The van der Waals surface area contributed by atoms with Crippen molar-refractivity contribution < 1.29 is 30.9 Å². The molecule has 1 aliphatic rings. The molecule has 10 nitrogen and oxygen atoms in total. The highest BCUT2D eigenvalue weighted by molar-refractivity contribution is 7.85. The second-order valence-corrected chi connectivity index (χ2v) is 9.72. The number of nitrogens with zero attached hydrogens (tertiary/aromatic N) is 5. The van der Waals surface area contributed by atoms with Gasteiger partial charge in [-0.05, 0) is 24.5 Å². The fourth-order valence-electron chi connectivity index (χ4n) is 3.92. The van der Waals surface area contributed by atoms with Crippen LogP contribution in [0.5, 0.6) is 0 Å². The van der Waals surface area contributed by atoms with Crippen LogP contribution >= 0.6 is 0 Å². The first kappa shape index (κ1) is 25.0. The van der Waals surface area contributed by atoms with E-state index >= 15 is 0 Å². The van der Waals surface area contributed by atoms with E-state index in [-0.39, 0.29) is 26.0 Å². The zero-order chi connectivity index (χ0) is 24.4. The first-order chi connectivity index (χ1) is 15.4. The summed E-state index contributed by atoms with van der Waals surface area (Å²) in [6.45, 7) is 1.39. The standard InChI is InChI=1S/C20H27F2N5O5S/c1-5-14-16(27-10-13(8-18(28)31-3)9-20(21,22)12-27)7-6-15(23-14)19-17(26(2)25-24-19)11-32-33(4,29)30/h6-7,13H,5,8-12H2,1-4H3. The topological polar surface area (TPSA) is 117 Å². The summed E-state index contributed by atoms with van der Waals surface area (Å²) in [6, 6.07) is 3.32. The van der Waals surface area contributed by atoms with Gasteiger partial charge in [0.25, 0.3) is 16.0 Å². The quantitative estimate of drug-likeness (QED) is 0.407. The van der Waals surface area contributed by atoms with Crippen molar-refractivity contribution >= 4 is 21.8 Å². The van der Waals surface area contributed by atoms with Crippen molar-refractivity contribution in [2.45, 2.75) is 38.7 Å². The molecule has 1 fully saturated rings. The van der Waals surface area contributed by atoms with Gasteiger partial charge < -0.3 is 9.64 Å². The molecule has 0 aromatic carbocycles. The maximum absolute atomic E-state index is 14.5. The molecule has 13 heteroatoms. The van der Waals surface area contributed by atoms with E-state index in [0.717, 1.165) is 6.26 Å². The van der Waals surface area contributed by atoms with E-state index in [1.54, 1.807) is 24.1 Å². The van der Waals surface area contributed by atoms with Crippen LogP contribution in [-0.4, -0.2) is 66.7 Å². The van der Waals surface area contributed by atoms with E-state index in [1.807, 2.05) is 6.92 Å². The Kier molecular flexibility index (Phi) is 7.32. The average Bonchev–Trinajstić information content (AvgIpc) is 3.10. The summed E-state index contributed by atoms with van der Waals surface area (Å²) in [5, 5.41) is 8.00. The number of pyridine rings is 1. The van der Waals surface area contributed by atoms with E-state index in [9.17, 15) is 22.0 Å². The molecular weight excluding hydrogens is 460 g/mol. The smallest absolute Gasteiger partial charge is 0.305 e. The molecule has 182 valence electrons. The number of aryl methyl sites for hydroxylation is 2. The molecule has 2 aromatic heterocycles. The molecule has 3 rings (SSSR count). The number of carbonyl (C=O) groups is 1. The van der Waals surface area contributed by atoms with E-state index in [4.69, 9.17) is 4.18 Å². The number of ether oxygens (including phenoxy) is 1. The molecule has 0 aliphatic carbocycles. The van der Waals surface area contributed by atoms with Gasteiger partial charge in [0, 0.05) is 20.0 Å². The summed E-state index contributed by atoms with van der Waals surface area (Å²) < 4.78 is 62.6. The van der Waals surface area contributed by atoms with Crippen molar-refractivity contribution in [3.63, 3.8) is 0 Å². The molecule has 1 saturated heterocycles.